The SMILES string of the molecule is C[C@]1(CNC(=O)N2CCCC[C@H]2c2cn[nH]c2)CCCS1. The predicted octanol–water partition coefficient (Wildman–Crippen LogP) is 2.93. The minimum absolute atomic E-state index is 0.0784. The lowest BCUT2D eigenvalue weighted by Gasteiger charge is -2.36. The largest absolute Gasteiger partial charge is 0.337 e. The van der Waals surface area contributed by atoms with Crippen LogP contribution in [-0.4, -0.2) is 44.7 Å². The van der Waals surface area contributed by atoms with E-state index in [0.717, 1.165) is 31.5 Å². The van der Waals surface area contributed by atoms with E-state index < -0.39 is 0 Å². The van der Waals surface area contributed by atoms with E-state index in [0.29, 0.717) is 0 Å². The van der Waals surface area contributed by atoms with Crippen molar-refractivity contribution in [3.05, 3.63) is 18.0 Å². The smallest absolute Gasteiger partial charge is 0.317 e. The summed E-state index contributed by atoms with van der Waals surface area (Å²) in [5, 5.41) is 10.0. The van der Waals surface area contributed by atoms with Gasteiger partial charge >= 0.3 is 6.03 Å². The number of likely N-dealkylation sites (tertiary alicyclic amines) is 1. The molecule has 0 aliphatic carbocycles. The van der Waals surface area contributed by atoms with Crippen molar-refractivity contribution < 1.29 is 4.79 Å². The number of nitrogens with one attached hydrogen (secondary N) is 2. The van der Waals surface area contributed by atoms with Crippen LogP contribution in [0.4, 0.5) is 4.79 Å². The Bertz CT molecular complexity index is 470. The second-order valence-electron chi connectivity index (χ2n) is 6.30. The molecule has 2 N–H and O–H groups in total. The quantitative estimate of drug-likeness (QED) is 0.902. The summed E-state index contributed by atoms with van der Waals surface area (Å²) in [6.07, 6.45) is 9.50. The summed E-state index contributed by atoms with van der Waals surface area (Å²) >= 11 is 1.98. The highest BCUT2D eigenvalue weighted by Crippen LogP contribution is 2.37. The first kappa shape index (κ1) is 14.8. The molecule has 2 fully saturated rings. The summed E-state index contributed by atoms with van der Waals surface area (Å²) in [6, 6.07) is 0.246. The molecule has 0 aromatic carbocycles. The molecule has 2 aliphatic rings. The number of amides is 2. The van der Waals surface area contributed by atoms with Crippen LogP contribution in [0.3, 0.4) is 0 Å². The van der Waals surface area contributed by atoms with Gasteiger partial charge in [-0.05, 0) is 44.8 Å². The van der Waals surface area contributed by atoms with Gasteiger partial charge in [-0.3, -0.25) is 5.10 Å². The third-order valence-corrected chi connectivity index (χ3v) is 6.12. The molecule has 2 saturated heterocycles. The van der Waals surface area contributed by atoms with Crippen LogP contribution >= 0.6 is 11.8 Å². The first-order chi connectivity index (χ1) is 10.2. The second-order valence-corrected chi connectivity index (χ2v) is 7.98. The number of carbonyl (C=O) groups excluding carboxylic acids is 1. The highest BCUT2D eigenvalue weighted by Gasteiger charge is 2.32. The molecule has 0 bridgehead atoms. The minimum Gasteiger partial charge on any atom is -0.337 e. The Balaban J connectivity index is 1.61. The molecule has 5 nitrogen and oxygen atoms in total. The van der Waals surface area contributed by atoms with Crippen molar-refractivity contribution >= 4 is 17.8 Å². The van der Waals surface area contributed by atoms with Gasteiger partial charge in [0.2, 0.25) is 0 Å². The molecule has 6 heteroatoms. The molecule has 116 valence electrons. The fourth-order valence-corrected chi connectivity index (χ4v) is 4.55. The van der Waals surface area contributed by atoms with Gasteiger partial charge in [0, 0.05) is 29.6 Å². The molecule has 2 aliphatic heterocycles. The van der Waals surface area contributed by atoms with Crippen LogP contribution in [0.1, 0.15) is 50.6 Å². The zero-order valence-electron chi connectivity index (χ0n) is 12.6. The molecule has 0 radical (unpaired) electrons. The van der Waals surface area contributed by atoms with Gasteiger partial charge < -0.3 is 10.2 Å². The zero-order chi connectivity index (χ0) is 14.7. The number of rotatable bonds is 3. The molecule has 2 amide bonds. The van der Waals surface area contributed by atoms with Gasteiger partial charge in [0.25, 0.3) is 0 Å². The van der Waals surface area contributed by atoms with Gasteiger partial charge in [0.1, 0.15) is 0 Å². The Morgan fingerprint density at radius 3 is 3.19 bits per heavy atom. The third-order valence-electron chi connectivity index (χ3n) is 4.58. The van der Waals surface area contributed by atoms with E-state index in [1.807, 2.05) is 29.1 Å². The monoisotopic (exact) mass is 308 g/mol. The van der Waals surface area contributed by atoms with E-state index in [-0.39, 0.29) is 16.8 Å². The number of piperidine rings is 1. The number of aromatic nitrogens is 2. The van der Waals surface area contributed by atoms with Crippen LogP contribution in [0.2, 0.25) is 0 Å². The molecular formula is C15H24N4OS. The number of carbonyl (C=O) groups is 1. The molecule has 3 heterocycles. The Hall–Kier alpha value is -1.17. The normalized spacial score (nSPS) is 29.6. The minimum atomic E-state index is 0.0784. The number of aromatic amines is 1. The Labute approximate surface area is 130 Å². The van der Waals surface area contributed by atoms with Crippen LogP contribution in [0, 0.1) is 0 Å². The van der Waals surface area contributed by atoms with Gasteiger partial charge in [-0.15, -0.1) is 0 Å². The fraction of sp³-hybridized carbons (Fsp3) is 0.733. The van der Waals surface area contributed by atoms with Crippen LogP contribution in [0.25, 0.3) is 0 Å². The Morgan fingerprint density at radius 1 is 1.57 bits per heavy atom. The highest BCUT2D eigenvalue weighted by atomic mass is 32.2. The van der Waals surface area contributed by atoms with E-state index in [1.165, 1.54) is 25.0 Å². The van der Waals surface area contributed by atoms with E-state index in [4.69, 9.17) is 0 Å². The summed E-state index contributed by atoms with van der Waals surface area (Å²) in [5.41, 5.74) is 1.12. The standard InChI is InChI=1S/C15H24N4OS/c1-15(6-4-8-21-15)11-16-14(20)19-7-3-2-5-13(19)12-9-17-18-10-12/h9-10,13H,2-8,11H2,1H3,(H,16,20)(H,17,18)/t13-,15+/m0/s1. The summed E-state index contributed by atoms with van der Waals surface area (Å²) in [4.78, 5) is 14.6. The topological polar surface area (TPSA) is 61.0 Å². The molecule has 1 aromatic rings. The van der Waals surface area contributed by atoms with Crippen LogP contribution < -0.4 is 5.32 Å². The number of urea groups is 1. The molecule has 0 unspecified atom stereocenters. The fourth-order valence-electron chi connectivity index (χ4n) is 3.30. The van der Waals surface area contributed by atoms with Gasteiger partial charge in [0.05, 0.1) is 12.2 Å². The van der Waals surface area contributed by atoms with Crippen molar-refractivity contribution in [2.24, 2.45) is 0 Å². The lowest BCUT2D eigenvalue weighted by atomic mass is 9.98. The maximum Gasteiger partial charge on any atom is 0.317 e. The third kappa shape index (κ3) is 3.36. The molecule has 0 saturated carbocycles. The van der Waals surface area contributed by atoms with Gasteiger partial charge in [-0.2, -0.15) is 16.9 Å². The maximum atomic E-state index is 12.6. The van der Waals surface area contributed by atoms with Gasteiger partial charge in [0.15, 0.2) is 0 Å². The average Bonchev–Trinajstić information content (AvgIpc) is 3.17. The number of hydrogen-bond donors (Lipinski definition) is 2. The molecule has 1 aromatic heterocycles. The summed E-state index contributed by atoms with van der Waals surface area (Å²) in [5.74, 6) is 1.22. The summed E-state index contributed by atoms with van der Waals surface area (Å²) in [6.45, 7) is 3.87. The van der Waals surface area contributed by atoms with E-state index >= 15 is 0 Å². The van der Waals surface area contributed by atoms with Gasteiger partial charge in [-0.25, -0.2) is 4.79 Å². The molecular weight excluding hydrogens is 284 g/mol. The first-order valence-corrected chi connectivity index (χ1v) is 8.84. The number of thioether (sulfide) groups is 1. The van der Waals surface area contributed by atoms with Gasteiger partial charge in [-0.1, -0.05) is 0 Å². The van der Waals surface area contributed by atoms with Crippen LogP contribution in [0.15, 0.2) is 12.4 Å². The van der Waals surface area contributed by atoms with Crippen molar-refractivity contribution in [3.8, 4) is 0 Å². The summed E-state index contributed by atoms with van der Waals surface area (Å²) < 4.78 is 0.219. The van der Waals surface area contributed by atoms with Crippen molar-refractivity contribution in [1.82, 2.24) is 20.4 Å². The lowest BCUT2D eigenvalue weighted by Crippen LogP contribution is -2.47. The number of nitrogens with zero attached hydrogens (tertiary/aromatic N) is 2. The van der Waals surface area contributed by atoms with E-state index in [2.05, 4.69) is 22.4 Å². The van der Waals surface area contributed by atoms with Crippen molar-refractivity contribution in [2.75, 3.05) is 18.8 Å². The maximum absolute atomic E-state index is 12.6. The van der Waals surface area contributed by atoms with E-state index in [9.17, 15) is 4.79 Å². The number of H-pyrrole nitrogens is 1. The molecule has 21 heavy (non-hydrogen) atoms. The van der Waals surface area contributed by atoms with Crippen LogP contribution in [0.5, 0.6) is 0 Å². The predicted molar refractivity (Wildman–Crippen MR) is 85.4 cm³/mol. The van der Waals surface area contributed by atoms with Crippen LogP contribution in [-0.2, 0) is 0 Å². The van der Waals surface area contributed by atoms with E-state index in [1.54, 1.807) is 0 Å². The first-order valence-electron chi connectivity index (χ1n) is 7.85. The second kappa shape index (κ2) is 6.30. The Kier molecular flexibility index (Phi) is 4.42. The summed E-state index contributed by atoms with van der Waals surface area (Å²) in [7, 11) is 0. The van der Waals surface area contributed by atoms with Crippen molar-refractivity contribution in [2.45, 2.75) is 49.8 Å². The highest BCUT2D eigenvalue weighted by molar-refractivity contribution is 8.00. The van der Waals surface area contributed by atoms with Crippen molar-refractivity contribution in [3.63, 3.8) is 0 Å². The average molecular weight is 308 g/mol. The zero-order valence-corrected chi connectivity index (χ0v) is 13.4. The molecule has 2 atom stereocenters. The molecule has 3 rings (SSSR count). The lowest BCUT2D eigenvalue weighted by molar-refractivity contribution is 0.151. The van der Waals surface area contributed by atoms with Crippen molar-refractivity contribution in [1.29, 1.82) is 0 Å². The number of hydrogen-bond acceptors (Lipinski definition) is 3. The Morgan fingerprint density at radius 2 is 2.48 bits per heavy atom. The molecule has 0 spiro atoms.